The maximum atomic E-state index is 11.6. The molecule has 1 aliphatic rings. The summed E-state index contributed by atoms with van der Waals surface area (Å²) < 4.78 is 4.71. The molecule has 0 saturated carbocycles. The van der Waals surface area contributed by atoms with Crippen LogP contribution >= 0.6 is 0 Å². The number of nitro groups is 1. The second-order valence-electron chi connectivity index (χ2n) is 4.18. The minimum atomic E-state index is -0.448. The maximum Gasteiger partial charge on any atom is 0.335 e. The summed E-state index contributed by atoms with van der Waals surface area (Å²) in [6.07, 6.45) is 1.65. The van der Waals surface area contributed by atoms with Crippen LogP contribution in [-0.2, 0) is 9.53 Å². The van der Waals surface area contributed by atoms with E-state index in [2.05, 4.69) is 0 Å². The number of fused-ring (bicyclic) bond motifs is 1. The number of methoxy groups -OCH3 is 1. The van der Waals surface area contributed by atoms with Gasteiger partial charge in [-0.05, 0) is 19.1 Å². The predicted molar refractivity (Wildman–Crippen MR) is 71.0 cm³/mol. The number of nitrogens with zero attached hydrogens (tertiary/aromatic N) is 2. The van der Waals surface area contributed by atoms with Gasteiger partial charge < -0.3 is 9.64 Å². The van der Waals surface area contributed by atoms with E-state index in [0.29, 0.717) is 24.2 Å². The first-order valence-electron chi connectivity index (χ1n) is 5.89. The summed E-state index contributed by atoms with van der Waals surface area (Å²) in [6, 6.07) is 4.65. The van der Waals surface area contributed by atoms with Crippen molar-refractivity contribution in [1.82, 2.24) is 0 Å². The van der Waals surface area contributed by atoms with E-state index in [1.807, 2.05) is 11.8 Å². The second kappa shape index (κ2) is 5.09. The molecule has 100 valence electrons. The summed E-state index contributed by atoms with van der Waals surface area (Å²) in [7, 11) is 1.32. The van der Waals surface area contributed by atoms with Gasteiger partial charge in [0.2, 0.25) is 0 Å². The van der Waals surface area contributed by atoms with E-state index >= 15 is 0 Å². The number of rotatable bonds is 3. The summed E-state index contributed by atoms with van der Waals surface area (Å²) >= 11 is 0. The Bertz CT molecular complexity index is 566. The molecule has 1 aliphatic heterocycles. The molecule has 0 aliphatic carbocycles. The largest absolute Gasteiger partial charge is 0.466 e. The Kier molecular flexibility index (Phi) is 3.50. The van der Waals surface area contributed by atoms with Crippen LogP contribution in [0.4, 0.5) is 11.4 Å². The molecule has 0 atom stereocenters. The standard InChI is InChI=1S/C13H14N2O4/c1-3-14-8-10(13(16)19-2)6-9-7-11(15(17)18)4-5-12(9)14/h4-7H,3,8H2,1-2H3. The number of ether oxygens (including phenoxy) is 1. The Labute approximate surface area is 110 Å². The van der Waals surface area contributed by atoms with Gasteiger partial charge in [0.15, 0.2) is 0 Å². The van der Waals surface area contributed by atoms with Crippen LogP contribution in [-0.4, -0.2) is 31.1 Å². The smallest absolute Gasteiger partial charge is 0.335 e. The molecule has 0 aromatic heterocycles. The number of non-ortho nitro benzene ring substituents is 1. The summed E-state index contributed by atoms with van der Waals surface area (Å²) in [6.45, 7) is 3.12. The Morgan fingerprint density at radius 2 is 2.26 bits per heavy atom. The summed E-state index contributed by atoms with van der Waals surface area (Å²) in [4.78, 5) is 23.9. The second-order valence-corrected chi connectivity index (χ2v) is 4.18. The van der Waals surface area contributed by atoms with Crippen molar-refractivity contribution in [1.29, 1.82) is 0 Å². The first-order chi connectivity index (χ1) is 9.06. The summed E-state index contributed by atoms with van der Waals surface area (Å²) in [5, 5.41) is 10.8. The SMILES string of the molecule is CCN1CC(C(=O)OC)=Cc2cc([N+](=O)[O-])ccc21. The van der Waals surface area contributed by atoms with E-state index in [4.69, 9.17) is 4.74 Å². The van der Waals surface area contributed by atoms with Crippen molar-refractivity contribution in [3.63, 3.8) is 0 Å². The molecule has 0 radical (unpaired) electrons. The normalized spacial score (nSPS) is 13.6. The van der Waals surface area contributed by atoms with Crippen molar-refractivity contribution in [2.75, 3.05) is 25.1 Å². The number of carbonyl (C=O) groups is 1. The van der Waals surface area contributed by atoms with Crippen LogP contribution in [0.5, 0.6) is 0 Å². The van der Waals surface area contributed by atoms with Crippen LogP contribution in [0, 0.1) is 10.1 Å². The number of esters is 1. The van der Waals surface area contributed by atoms with Gasteiger partial charge in [0.25, 0.3) is 5.69 Å². The van der Waals surface area contributed by atoms with Crippen molar-refractivity contribution in [2.45, 2.75) is 6.92 Å². The molecule has 2 rings (SSSR count). The molecule has 0 fully saturated rings. The zero-order valence-electron chi connectivity index (χ0n) is 10.8. The molecule has 0 bridgehead atoms. The first kappa shape index (κ1) is 13.1. The first-order valence-corrected chi connectivity index (χ1v) is 5.89. The van der Waals surface area contributed by atoms with E-state index in [-0.39, 0.29) is 5.69 Å². The van der Waals surface area contributed by atoms with Gasteiger partial charge in [-0.1, -0.05) is 0 Å². The fraction of sp³-hybridized carbons (Fsp3) is 0.308. The van der Waals surface area contributed by atoms with Gasteiger partial charge in [-0.15, -0.1) is 0 Å². The Hall–Kier alpha value is -2.37. The summed E-state index contributed by atoms with van der Waals surface area (Å²) in [5.41, 5.74) is 2.07. The topological polar surface area (TPSA) is 72.7 Å². The van der Waals surface area contributed by atoms with Gasteiger partial charge >= 0.3 is 5.97 Å². The molecule has 1 aromatic carbocycles. The molecule has 6 nitrogen and oxygen atoms in total. The highest BCUT2D eigenvalue weighted by molar-refractivity contribution is 5.97. The molecule has 0 saturated heterocycles. The van der Waals surface area contributed by atoms with Crippen molar-refractivity contribution < 1.29 is 14.5 Å². The molecule has 0 spiro atoms. The average molecular weight is 262 g/mol. The Balaban J connectivity index is 2.50. The minimum absolute atomic E-state index is 0.0113. The summed E-state index contributed by atoms with van der Waals surface area (Å²) in [5.74, 6) is -0.407. The Morgan fingerprint density at radius 3 is 2.84 bits per heavy atom. The number of anilines is 1. The van der Waals surface area contributed by atoms with E-state index in [0.717, 1.165) is 5.69 Å². The molecule has 1 heterocycles. The fourth-order valence-corrected chi connectivity index (χ4v) is 2.12. The third-order valence-electron chi connectivity index (χ3n) is 3.08. The molecule has 1 aromatic rings. The zero-order valence-corrected chi connectivity index (χ0v) is 10.8. The lowest BCUT2D eigenvalue weighted by Crippen LogP contribution is -2.31. The lowest BCUT2D eigenvalue weighted by Gasteiger charge is -2.29. The monoisotopic (exact) mass is 262 g/mol. The van der Waals surface area contributed by atoms with Gasteiger partial charge in [0.05, 0.1) is 24.2 Å². The maximum absolute atomic E-state index is 11.6. The van der Waals surface area contributed by atoms with Crippen LogP contribution in [0.15, 0.2) is 23.8 Å². The van der Waals surface area contributed by atoms with Gasteiger partial charge in [-0.2, -0.15) is 0 Å². The molecule has 19 heavy (non-hydrogen) atoms. The lowest BCUT2D eigenvalue weighted by molar-refractivity contribution is -0.384. The van der Waals surface area contributed by atoms with Crippen LogP contribution in [0.3, 0.4) is 0 Å². The lowest BCUT2D eigenvalue weighted by atomic mass is 10.0. The molecule has 0 N–H and O–H groups in total. The number of benzene rings is 1. The zero-order chi connectivity index (χ0) is 14.0. The highest BCUT2D eigenvalue weighted by Gasteiger charge is 2.23. The highest BCUT2D eigenvalue weighted by Crippen LogP contribution is 2.31. The van der Waals surface area contributed by atoms with E-state index < -0.39 is 10.9 Å². The molecular formula is C13H14N2O4. The number of nitro benzene ring substituents is 1. The van der Waals surface area contributed by atoms with Crippen molar-refractivity contribution >= 4 is 23.4 Å². The highest BCUT2D eigenvalue weighted by atomic mass is 16.6. The van der Waals surface area contributed by atoms with Crippen molar-refractivity contribution in [2.24, 2.45) is 0 Å². The quantitative estimate of drug-likeness (QED) is 0.473. The third kappa shape index (κ3) is 2.42. The fourth-order valence-electron chi connectivity index (χ4n) is 2.12. The van der Waals surface area contributed by atoms with Gasteiger partial charge in [0.1, 0.15) is 0 Å². The van der Waals surface area contributed by atoms with Crippen LogP contribution in [0.2, 0.25) is 0 Å². The van der Waals surface area contributed by atoms with Gasteiger partial charge in [-0.25, -0.2) is 4.79 Å². The van der Waals surface area contributed by atoms with Crippen molar-refractivity contribution in [3.05, 3.63) is 39.4 Å². The molecule has 0 amide bonds. The number of hydrogen-bond donors (Lipinski definition) is 0. The van der Waals surface area contributed by atoms with E-state index in [1.165, 1.54) is 19.2 Å². The van der Waals surface area contributed by atoms with Gasteiger partial charge in [-0.3, -0.25) is 10.1 Å². The number of carbonyl (C=O) groups excluding carboxylic acids is 1. The predicted octanol–water partition coefficient (Wildman–Crippen LogP) is 1.99. The Morgan fingerprint density at radius 1 is 1.53 bits per heavy atom. The molecular weight excluding hydrogens is 248 g/mol. The third-order valence-corrected chi connectivity index (χ3v) is 3.08. The van der Waals surface area contributed by atoms with Gasteiger partial charge in [0, 0.05) is 29.9 Å². The number of likely N-dealkylation sites (N-methyl/N-ethyl adjacent to an activating group) is 1. The van der Waals surface area contributed by atoms with Crippen molar-refractivity contribution in [3.8, 4) is 0 Å². The number of hydrogen-bond acceptors (Lipinski definition) is 5. The van der Waals surface area contributed by atoms with Crippen LogP contribution < -0.4 is 4.90 Å². The molecule has 6 heteroatoms. The molecule has 0 unspecified atom stereocenters. The van der Waals surface area contributed by atoms with Crippen LogP contribution in [0.1, 0.15) is 12.5 Å². The minimum Gasteiger partial charge on any atom is -0.466 e. The van der Waals surface area contributed by atoms with E-state index in [1.54, 1.807) is 12.1 Å². The average Bonchev–Trinajstić information content (AvgIpc) is 2.44. The van der Waals surface area contributed by atoms with Crippen LogP contribution in [0.25, 0.3) is 6.08 Å². The van der Waals surface area contributed by atoms with E-state index in [9.17, 15) is 14.9 Å².